The van der Waals surface area contributed by atoms with Crippen LogP contribution in [0.4, 0.5) is 11.8 Å². The zero-order valence-corrected chi connectivity index (χ0v) is 15.2. The molecule has 0 radical (unpaired) electrons. The predicted molar refractivity (Wildman–Crippen MR) is 95.7 cm³/mol. The zero-order valence-electron chi connectivity index (χ0n) is 12.8. The van der Waals surface area contributed by atoms with Crippen molar-refractivity contribution < 1.29 is 0 Å². The molecule has 1 unspecified atom stereocenters. The van der Waals surface area contributed by atoms with Crippen LogP contribution < -0.4 is 10.2 Å². The van der Waals surface area contributed by atoms with Crippen molar-refractivity contribution in [2.45, 2.75) is 19.0 Å². The summed E-state index contributed by atoms with van der Waals surface area (Å²) >= 11 is 5.33. The van der Waals surface area contributed by atoms with Crippen LogP contribution in [0, 0.1) is 0 Å². The summed E-state index contributed by atoms with van der Waals surface area (Å²) in [7, 11) is 3.91. The van der Waals surface area contributed by atoms with E-state index in [2.05, 4.69) is 47.6 Å². The molecule has 118 valence electrons. The summed E-state index contributed by atoms with van der Waals surface area (Å²) < 4.78 is 1.18. The summed E-state index contributed by atoms with van der Waals surface area (Å²) in [6.45, 7) is 3.21. The Kier molecular flexibility index (Phi) is 4.95. The van der Waals surface area contributed by atoms with E-state index in [1.807, 2.05) is 36.4 Å². The number of halogens is 1. The molecule has 1 fully saturated rings. The van der Waals surface area contributed by atoms with Crippen LogP contribution in [0.2, 0.25) is 0 Å². The van der Waals surface area contributed by atoms with Crippen molar-refractivity contribution in [2.75, 3.05) is 37.4 Å². The molecule has 0 saturated carbocycles. The van der Waals surface area contributed by atoms with Crippen LogP contribution in [0.15, 0.2) is 28.2 Å². The molecular weight excluding hydrogens is 362 g/mol. The highest BCUT2D eigenvalue weighted by Gasteiger charge is 2.23. The smallest absolute Gasteiger partial charge is 0.226 e. The number of nitrogens with zero attached hydrogens (tertiary/aromatic N) is 4. The highest BCUT2D eigenvalue weighted by molar-refractivity contribution is 9.10. The Bertz CT molecular complexity index is 630. The van der Waals surface area contributed by atoms with E-state index in [1.54, 1.807) is 6.20 Å². The summed E-state index contributed by atoms with van der Waals surface area (Å²) in [4.78, 5) is 14.6. The first-order chi connectivity index (χ1) is 10.6. The van der Waals surface area contributed by atoms with Gasteiger partial charge in [-0.1, -0.05) is 0 Å². The van der Waals surface area contributed by atoms with E-state index < -0.39 is 0 Å². The minimum absolute atomic E-state index is 0.452. The lowest BCUT2D eigenvalue weighted by molar-refractivity contribution is 0.331. The molecular formula is C15H20BrN5S. The Labute approximate surface area is 143 Å². The van der Waals surface area contributed by atoms with Gasteiger partial charge in [-0.05, 0) is 34.5 Å². The number of thiophene rings is 1. The highest BCUT2D eigenvalue weighted by Crippen LogP contribution is 2.23. The van der Waals surface area contributed by atoms with Gasteiger partial charge in [-0.3, -0.25) is 4.90 Å². The highest BCUT2D eigenvalue weighted by atomic mass is 79.9. The lowest BCUT2D eigenvalue weighted by atomic mass is 10.2. The molecule has 5 nitrogen and oxygen atoms in total. The normalized spacial score (nSPS) is 18.6. The third-order valence-electron chi connectivity index (χ3n) is 3.67. The lowest BCUT2D eigenvalue weighted by Crippen LogP contribution is -2.26. The van der Waals surface area contributed by atoms with Crippen LogP contribution in [0.1, 0.15) is 11.3 Å². The fourth-order valence-corrected chi connectivity index (χ4v) is 4.10. The monoisotopic (exact) mass is 381 g/mol. The number of aromatic nitrogens is 2. The maximum absolute atomic E-state index is 4.53. The number of anilines is 2. The molecule has 1 aliphatic rings. The third kappa shape index (κ3) is 3.97. The number of rotatable bonds is 5. The topological polar surface area (TPSA) is 44.3 Å². The van der Waals surface area contributed by atoms with Gasteiger partial charge in [0.1, 0.15) is 5.82 Å². The Morgan fingerprint density at radius 3 is 3.09 bits per heavy atom. The van der Waals surface area contributed by atoms with E-state index >= 15 is 0 Å². The summed E-state index contributed by atoms with van der Waals surface area (Å²) in [5, 5.41) is 5.68. The maximum atomic E-state index is 4.53. The second kappa shape index (κ2) is 6.93. The Balaban J connectivity index is 1.55. The maximum Gasteiger partial charge on any atom is 0.226 e. The first kappa shape index (κ1) is 15.7. The molecule has 3 heterocycles. The molecule has 22 heavy (non-hydrogen) atoms. The first-order valence-electron chi connectivity index (χ1n) is 7.32. The Morgan fingerprint density at radius 2 is 2.36 bits per heavy atom. The van der Waals surface area contributed by atoms with Gasteiger partial charge in [-0.2, -0.15) is 4.98 Å². The fraction of sp³-hybridized carbons (Fsp3) is 0.467. The van der Waals surface area contributed by atoms with Crippen molar-refractivity contribution >= 4 is 39.0 Å². The van der Waals surface area contributed by atoms with E-state index in [1.165, 1.54) is 9.35 Å². The predicted octanol–water partition coefficient (Wildman–Crippen LogP) is 3.05. The molecule has 1 aliphatic heterocycles. The first-order valence-corrected chi connectivity index (χ1v) is 8.99. The molecule has 0 aliphatic carbocycles. The standard InChI is InChI=1S/C15H20BrN5S/c1-20(2)15-17-5-3-14(19-15)18-12-4-6-21(8-12)9-13-7-11(16)10-22-13/h3,5,7,10,12H,4,6,8-9H2,1-2H3,(H,17,18,19). The number of hydrogen-bond donors (Lipinski definition) is 1. The molecule has 1 saturated heterocycles. The number of hydrogen-bond acceptors (Lipinski definition) is 6. The van der Waals surface area contributed by atoms with Gasteiger partial charge in [0.25, 0.3) is 0 Å². The molecule has 1 atom stereocenters. The average Bonchev–Trinajstić information content (AvgIpc) is 3.09. The molecule has 2 aromatic rings. The van der Waals surface area contributed by atoms with Crippen molar-refractivity contribution in [3.05, 3.63) is 33.1 Å². The van der Waals surface area contributed by atoms with Gasteiger partial charge in [0.2, 0.25) is 5.95 Å². The van der Waals surface area contributed by atoms with Crippen molar-refractivity contribution in [3.63, 3.8) is 0 Å². The van der Waals surface area contributed by atoms with Gasteiger partial charge in [0.05, 0.1) is 0 Å². The summed E-state index contributed by atoms with van der Waals surface area (Å²) in [5.74, 6) is 1.65. The summed E-state index contributed by atoms with van der Waals surface area (Å²) in [5.41, 5.74) is 0. The molecule has 0 aromatic carbocycles. The number of likely N-dealkylation sites (tertiary alicyclic amines) is 1. The van der Waals surface area contributed by atoms with Crippen LogP contribution in [-0.4, -0.2) is 48.1 Å². The van der Waals surface area contributed by atoms with Gasteiger partial charge in [0.15, 0.2) is 0 Å². The van der Waals surface area contributed by atoms with E-state index in [9.17, 15) is 0 Å². The fourth-order valence-electron chi connectivity index (χ4n) is 2.60. The zero-order chi connectivity index (χ0) is 15.5. The molecule has 0 spiro atoms. The van der Waals surface area contributed by atoms with Crippen LogP contribution in [0.25, 0.3) is 0 Å². The van der Waals surface area contributed by atoms with Crippen molar-refractivity contribution in [1.29, 1.82) is 0 Å². The molecule has 0 amide bonds. The van der Waals surface area contributed by atoms with Crippen molar-refractivity contribution in [2.24, 2.45) is 0 Å². The average molecular weight is 382 g/mol. The van der Waals surface area contributed by atoms with Crippen molar-refractivity contribution in [3.8, 4) is 0 Å². The minimum Gasteiger partial charge on any atom is -0.366 e. The minimum atomic E-state index is 0.452. The number of nitrogens with one attached hydrogen (secondary N) is 1. The molecule has 1 N–H and O–H groups in total. The Hall–Kier alpha value is -1.18. The van der Waals surface area contributed by atoms with Crippen LogP contribution in [0.5, 0.6) is 0 Å². The molecule has 7 heteroatoms. The molecule has 0 bridgehead atoms. The Morgan fingerprint density at radius 1 is 1.50 bits per heavy atom. The second-order valence-electron chi connectivity index (χ2n) is 5.73. The SMILES string of the molecule is CN(C)c1nccc(NC2CCN(Cc3cc(Br)cs3)C2)n1. The van der Waals surface area contributed by atoms with E-state index in [-0.39, 0.29) is 0 Å². The second-order valence-corrected chi connectivity index (χ2v) is 7.64. The van der Waals surface area contributed by atoms with Gasteiger partial charge < -0.3 is 10.2 Å². The largest absolute Gasteiger partial charge is 0.366 e. The molecule has 3 rings (SSSR count). The van der Waals surface area contributed by atoms with E-state index in [4.69, 9.17) is 0 Å². The van der Waals surface area contributed by atoms with Gasteiger partial charge in [0, 0.05) is 60.7 Å². The quantitative estimate of drug-likeness (QED) is 0.861. The third-order valence-corrected chi connectivity index (χ3v) is 5.35. The van der Waals surface area contributed by atoms with Gasteiger partial charge in [-0.15, -0.1) is 11.3 Å². The van der Waals surface area contributed by atoms with Gasteiger partial charge >= 0.3 is 0 Å². The van der Waals surface area contributed by atoms with E-state index in [0.29, 0.717) is 6.04 Å². The summed E-state index contributed by atoms with van der Waals surface area (Å²) in [6.07, 6.45) is 2.95. The van der Waals surface area contributed by atoms with E-state index in [0.717, 1.165) is 37.8 Å². The van der Waals surface area contributed by atoms with Crippen LogP contribution in [-0.2, 0) is 6.54 Å². The van der Waals surface area contributed by atoms with Crippen molar-refractivity contribution in [1.82, 2.24) is 14.9 Å². The van der Waals surface area contributed by atoms with Gasteiger partial charge in [-0.25, -0.2) is 4.98 Å². The lowest BCUT2D eigenvalue weighted by Gasteiger charge is -2.17. The summed E-state index contributed by atoms with van der Waals surface area (Å²) in [6, 6.07) is 4.60. The van der Waals surface area contributed by atoms with Crippen LogP contribution in [0.3, 0.4) is 0 Å². The molecule has 2 aromatic heterocycles. The van der Waals surface area contributed by atoms with Crippen LogP contribution >= 0.6 is 27.3 Å².